The Balaban J connectivity index is 1.62. The van der Waals surface area contributed by atoms with Crippen LogP contribution in [-0.4, -0.2) is 21.3 Å². The molecule has 2 aliphatic heterocycles. The van der Waals surface area contributed by atoms with E-state index in [1.165, 1.54) is 22.4 Å². The van der Waals surface area contributed by atoms with E-state index in [1.807, 2.05) is 42.3 Å². The lowest BCUT2D eigenvalue weighted by molar-refractivity contribution is 0.281. The third-order valence-electron chi connectivity index (χ3n) is 5.53. The predicted molar refractivity (Wildman–Crippen MR) is 117 cm³/mol. The summed E-state index contributed by atoms with van der Waals surface area (Å²) >= 11 is 6.22. The maximum Gasteiger partial charge on any atom is 0.0814 e. The quantitative estimate of drug-likeness (QED) is 0.605. The summed E-state index contributed by atoms with van der Waals surface area (Å²) in [5.74, 6) is 0. The summed E-state index contributed by atoms with van der Waals surface area (Å²) in [5.41, 5.74) is 14.7. The first-order chi connectivity index (χ1) is 14.1. The second-order valence-corrected chi connectivity index (χ2v) is 8.00. The first-order valence-electron chi connectivity index (χ1n) is 9.74. The van der Waals surface area contributed by atoms with Crippen molar-refractivity contribution < 1.29 is 0 Å². The molecule has 7 heteroatoms. The van der Waals surface area contributed by atoms with Gasteiger partial charge in [0.1, 0.15) is 0 Å². The van der Waals surface area contributed by atoms with E-state index in [0.717, 1.165) is 34.9 Å². The summed E-state index contributed by atoms with van der Waals surface area (Å²) < 4.78 is 1.84. The number of benzene rings is 2. The number of aromatic nitrogens is 2. The Hall–Kier alpha value is -2.96. The third kappa shape index (κ3) is 3.34. The van der Waals surface area contributed by atoms with Crippen molar-refractivity contribution in [2.45, 2.75) is 19.4 Å². The van der Waals surface area contributed by atoms with Crippen LogP contribution in [0.1, 0.15) is 30.5 Å². The first-order valence-corrected chi connectivity index (χ1v) is 10.1. The fraction of sp³-hybridized carbons (Fsp3) is 0.227. The molecule has 0 bridgehead atoms. The van der Waals surface area contributed by atoms with Crippen molar-refractivity contribution in [3.63, 3.8) is 0 Å². The number of aryl methyl sites for hydroxylation is 1. The summed E-state index contributed by atoms with van der Waals surface area (Å²) in [4.78, 5) is 0. The SMILES string of the molecule is CC1=C2c3ccc(-c4cnn(C)c4)cc3C(Nc3cccc(Cl)c3)CCN2NN1. The lowest BCUT2D eigenvalue weighted by atomic mass is 9.93. The number of hydrogen-bond donors (Lipinski definition) is 3. The van der Waals surface area contributed by atoms with Gasteiger partial charge in [-0.2, -0.15) is 5.10 Å². The lowest BCUT2D eigenvalue weighted by Gasteiger charge is -2.21. The number of allylic oxidation sites excluding steroid dienone is 1. The van der Waals surface area contributed by atoms with E-state index < -0.39 is 0 Å². The standard InChI is InChI=1S/C22H23ClN6/c1-14-22-19-7-6-15(16-12-24-28(2)13-16)10-20(19)21(8-9-29(22)27-26-14)25-18-5-3-4-17(23)11-18/h3-7,10-13,21,25-27H,8-9H2,1-2H3. The highest BCUT2D eigenvalue weighted by molar-refractivity contribution is 6.30. The van der Waals surface area contributed by atoms with E-state index in [9.17, 15) is 0 Å². The molecular weight excluding hydrogens is 384 g/mol. The Morgan fingerprint density at radius 3 is 2.86 bits per heavy atom. The smallest absolute Gasteiger partial charge is 0.0814 e. The molecule has 2 aliphatic rings. The van der Waals surface area contributed by atoms with Gasteiger partial charge in [0.15, 0.2) is 0 Å². The van der Waals surface area contributed by atoms with Crippen molar-refractivity contribution in [1.82, 2.24) is 25.7 Å². The van der Waals surface area contributed by atoms with Crippen LogP contribution in [0.2, 0.25) is 5.02 Å². The lowest BCUT2D eigenvalue weighted by Crippen LogP contribution is -2.37. The Kier molecular flexibility index (Phi) is 4.45. The molecule has 3 aromatic rings. The molecule has 1 aromatic heterocycles. The van der Waals surface area contributed by atoms with Crippen molar-refractivity contribution in [1.29, 1.82) is 0 Å². The number of hydrazine groups is 2. The number of anilines is 1. The normalized spacial score (nSPS) is 18.2. The van der Waals surface area contributed by atoms with Gasteiger partial charge in [0.2, 0.25) is 0 Å². The van der Waals surface area contributed by atoms with Crippen LogP contribution in [0, 0.1) is 0 Å². The number of nitrogens with zero attached hydrogens (tertiary/aromatic N) is 3. The summed E-state index contributed by atoms with van der Waals surface area (Å²) in [6, 6.07) is 14.8. The van der Waals surface area contributed by atoms with Crippen molar-refractivity contribution in [2.24, 2.45) is 7.05 Å². The fourth-order valence-corrected chi connectivity index (χ4v) is 4.33. The van der Waals surface area contributed by atoms with Gasteiger partial charge in [-0.1, -0.05) is 29.8 Å². The molecule has 1 atom stereocenters. The maximum atomic E-state index is 6.22. The van der Waals surface area contributed by atoms with Gasteiger partial charge in [-0.3, -0.25) is 9.69 Å². The first kappa shape index (κ1) is 18.1. The molecule has 29 heavy (non-hydrogen) atoms. The molecule has 3 heterocycles. The maximum absolute atomic E-state index is 6.22. The molecule has 6 nitrogen and oxygen atoms in total. The van der Waals surface area contributed by atoms with E-state index >= 15 is 0 Å². The molecule has 0 amide bonds. The van der Waals surface area contributed by atoms with E-state index in [2.05, 4.69) is 57.6 Å². The number of nitrogens with one attached hydrogen (secondary N) is 3. The van der Waals surface area contributed by atoms with E-state index in [1.54, 1.807) is 0 Å². The minimum Gasteiger partial charge on any atom is -0.378 e. The minimum atomic E-state index is 0.160. The number of halogens is 1. The average molecular weight is 407 g/mol. The molecule has 148 valence electrons. The zero-order chi connectivity index (χ0) is 20.0. The van der Waals surface area contributed by atoms with Crippen LogP contribution >= 0.6 is 11.6 Å². The highest BCUT2D eigenvalue weighted by atomic mass is 35.5. The summed E-state index contributed by atoms with van der Waals surface area (Å²) in [7, 11) is 1.94. The van der Waals surface area contributed by atoms with Crippen LogP contribution in [0.15, 0.2) is 60.6 Å². The Labute approximate surface area is 175 Å². The van der Waals surface area contributed by atoms with Gasteiger partial charge in [0.05, 0.1) is 23.6 Å². The van der Waals surface area contributed by atoms with E-state index in [4.69, 9.17) is 11.6 Å². The Bertz CT molecular complexity index is 1100. The molecule has 0 fully saturated rings. The number of fused-ring (bicyclic) bond motifs is 3. The molecular formula is C22H23ClN6. The minimum absolute atomic E-state index is 0.160. The van der Waals surface area contributed by atoms with Gasteiger partial charge in [0, 0.05) is 41.6 Å². The van der Waals surface area contributed by atoms with Crippen LogP contribution < -0.4 is 16.3 Å². The van der Waals surface area contributed by atoms with Crippen LogP contribution in [0.5, 0.6) is 0 Å². The molecule has 3 N–H and O–H groups in total. The van der Waals surface area contributed by atoms with Gasteiger partial charge >= 0.3 is 0 Å². The van der Waals surface area contributed by atoms with Gasteiger partial charge in [-0.15, -0.1) is 5.53 Å². The van der Waals surface area contributed by atoms with Gasteiger partial charge in [-0.25, -0.2) is 0 Å². The van der Waals surface area contributed by atoms with Crippen LogP contribution in [0.3, 0.4) is 0 Å². The van der Waals surface area contributed by atoms with Crippen LogP contribution in [-0.2, 0) is 7.05 Å². The molecule has 0 radical (unpaired) electrons. The second-order valence-electron chi connectivity index (χ2n) is 7.56. The van der Waals surface area contributed by atoms with Crippen LogP contribution in [0.25, 0.3) is 16.8 Å². The van der Waals surface area contributed by atoms with Gasteiger partial charge in [-0.05, 0) is 48.7 Å². The fourth-order valence-electron chi connectivity index (χ4n) is 4.14. The zero-order valence-corrected chi connectivity index (χ0v) is 17.2. The highest BCUT2D eigenvalue weighted by Gasteiger charge is 2.30. The summed E-state index contributed by atoms with van der Waals surface area (Å²) in [5, 5.41) is 11.0. The number of hydrogen-bond acceptors (Lipinski definition) is 5. The molecule has 0 saturated carbocycles. The monoisotopic (exact) mass is 406 g/mol. The summed E-state index contributed by atoms with van der Waals surface area (Å²) in [6.07, 6.45) is 4.90. The Morgan fingerprint density at radius 2 is 2.07 bits per heavy atom. The number of rotatable bonds is 3. The topological polar surface area (TPSA) is 57.2 Å². The highest BCUT2D eigenvalue weighted by Crippen LogP contribution is 2.39. The van der Waals surface area contributed by atoms with Crippen LogP contribution in [0.4, 0.5) is 5.69 Å². The largest absolute Gasteiger partial charge is 0.378 e. The average Bonchev–Trinajstić information content (AvgIpc) is 3.26. The second kappa shape index (κ2) is 7.13. The Morgan fingerprint density at radius 1 is 1.17 bits per heavy atom. The zero-order valence-electron chi connectivity index (χ0n) is 16.4. The van der Waals surface area contributed by atoms with Gasteiger partial charge < -0.3 is 10.7 Å². The van der Waals surface area contributed by atoms with Crippen molar-refractivity contribution in [3.05, 3.63) is 76.7 Å². The van der Waals surface area contributed by atoms with Gasteiger partial charge in [0.25, 0.3) is 0 Å². The summed E-state index contributed by atoms with van der Waals surface area (Å²) in [6.45, 7) is 2.99. The van der Waals surface area contributed by atoms with E-state index in [-0.39, 0.29) is 6.04 Å². The molecule has 1 unspecified atom stereocenters. The molecule has 0 spiro atoms. The molecule has 2 aromatic carbocycles. The predicted octanol–water partition coefficient (Wildman–Crippen LogP) is 4.31. The molecule has 0 aliphatic carbocycles. The molecule has 5 rings (SSSR count). The van der Waals surface area contributed by atoms with Crippen molar-refractivity contribution >= 4 is 23.0 Å². The van der Waals surface area contributed by atoms with Crippen molar-refractivity contribution in [3.8, 4) is 11.1 Å². The molecule has 0 saturated heterocycles. The third-order valence-corrected chi connectivity index (χ3v) is 5.77. The van der Waals surface area contributed by atoms with E-state index in [0.29, 0.717) is 0 Å². The van der Waals surface area contributed by atoms with Crippen molar-refractivity contribution in [2.75, 3.05) is 11.9 Å².